The Hall–Kier alpha value is -1.01. The van der Waals surface area contributed by atoms with E-state index in [2.05, 4.69) is 13.5 Å². The molecule has 0 spiro atoms. The topological polar surface area (TPSA) is 26.3 Å². The van der Waals surface area contributed by atoms with E-state index in [1.54, 1.807) is 0 Å². The molecule has 1 atom stereocenters. The zero-order valence-corrected chi connectivity index (χ0v) is 12.8. The molecule has 0 amide bonds. The quantitative estimate of drug-likeness (QED) is 0.338. The van der Waals surface area contributed by atoms with Gasteiger partial charge < -0.3 is 4.52 Å². The van der Waals surface area contributed by atoms with Crippen molar-refractivity contribution < 1.29 is 9.09 Å². The average molecular weight is 280 g/mol. The van der Waals surface area contributed by atoms with Crippen LogP contribution in [0.25, 0.3) is 0 Å². The largest absolute Gasteiger partial charge is 0.448 e. The maximum atomic E-state index is 12.8. The SMILES string of the molecule is C=COP(=O)(CCCCCCCC)c1ccccc1. The Morgan fingerprint density at radius 1 is 1.11 bits per heavy atom. The molecule has 1 unspecified atom stereocenters. The van der Waals surface area contributed by atoms with E-state index >= 15 is 0 Å². The van der Waals surface area contributed by atoms with Crippen molar-refractivity contribution in [3.8, 4) is 0 Å². The van der Waals surface area contributed by atoms with Crippen LogP contribution >= 0.6 is 7.37 Å². The molecule has 0 saturated carbocycles. The fourth-order valence-electron chi connectivity index (χ4n) is 2.12. The summed E-state index contributed by atoms with van der Waals surface area (Å²) < 4.78 is 18.2. The van der Waals surface area contributed by atoms with Crippen molar-refractivity contribution in [1.29, 1.82) is 0 Å². The summed E-state index contributed by atoms with van der Waals surface area (Å²) in [6.45, 7) is 5.76. The van der Waals surface area contributed by atoms with Crippen molar-refractivity contribution in [2.75, 3.05) is 6.16 Å². The van der Waals surface area contributed by atoms with Crippen molar-refractivity contribution in [2.45, 2.75) is 45.4 Å². The standard InChI is InChI=1S/C16H25O2P/c1-3-5-6-7-8-12-15-19(17,18-4-2)16-13-10-9-11-14-16/h4,9-11,13-14H,2-3,5-8,12,15H2,1H3. The second-order valence-corrected chi connectivity index (χ2v) is 7.29. The van der Waals surface area contributed by atoms with Gasteiger partial charge in [0.2, 0.25) is 0 Å². The number of unbranched alkanes of at least 4 members (excludes halogenated alkanes) is 5. The predicted molar refractivity (Wildman–Crippen MR) is 83.2 cm³/mol. The summed E-state index contributed by atoms with van der Waals surface area (Å²) >= 11 is 0. The minimum absolute atomic E-state index is 0.606. The summed E-state index contributed by atoms with van der Waals surface area (Å²) in [4.78, 5) is 0. The lowest BCUT2D eigenvalue weighted by atomic mass is 10.1. The summed E-state index contributed by atoms with van der Waals surface area (Å²) in [5.41, 5.74) is 0. The maximum absolute atomic E-state index is 12.8. The van der Waals surface area contributed by atoms with Crippen LogP contribution in [0.5, 0.6) is 0 Å². The third kappa shape index (κ3) is 5.65. The lowest BCUT2D eigenvalue weighted by Crippen LogP contribution is -2.08. The molecule has 0 heterocycles. The highest BCUT2D eigenvalue weighted by atomic mass is 31.2. The van der Waals surface area contributed by atoms with Gasteiger partial charge in [0.15, 0.2) is 0 Å². The molecule has 0 bridgehead atoms. The fraction of sp³-hybridized carbons (Fsp3) is 0.500. The molecule has 1 aromatic rings. The lowest BCUT2D eigenvalue weighted by molar-refractivity contribution is 0.448. The van der Waals surface area contributed by atoms with Crippen LogP contribution in [-0.4, -0.2) is 6.16 Å². The van der Waals surface area contributed by atoms with Crippen LogP contribution in [0.4, 0.5) is 0 Å². The van der Waals surface area contributed by atoms with Gasteiger partial charge in [-0.15, -0.1) is 0 Å². The number of hydrogen-bond donors (Lipinski definition) is 0. The van der Waals surface area contributed by atoms with E-state index in [0.29, 0.717) is 6.16 Å². The van der Waals surface area contributed by atoms with Crippen molar-refractivity contribution in [2.24, 2.45) is 0 Å². The molecule has 2 nitrogen and oxygen atoms in total. The fourth-order valence-corrected chi connectivity index (χ4v) is 4.11. The first-order chi connectivity index (χ1) is 9.23. The van der Waals surface area contributed by atoms with Gasteiger partial charge in [0, 0.05) is 11.5 Å². The molecule has 0 fully saturated rings. The molecule has 0 aliphatic carbocycles. The molecule has 0 radical (unpaired) electrons. The van der Waals surface area contributed by atoms with Gasteiger partial charge in [-0.1, -0.05) is 63.8 Å². The average Bonchev–Trinajstić information content (AvgIpc) is 2.44. The minimum atomic E-state index is -2.75. The second kappa shape index (κ2) is 8.98. The highest BCUT2D eigenvalue weighted by Gasteiger charge is 2.24. The molecule has 0 aliphatic rings. The van der Waals surface area contributed by atoms with Gasteiger partial charge in [0.05, 0.1) is 6.26 Å². The molecule has 0 aromatic heterocycles. The summed E-state index contributed by atoms with van der Waals surface area (Å²) in [5.74, 6) is 0. The molecule has 0 aliphatic heterocycles. The first kappa shape index (κ1) is 16.0. The molecule has 106 valence electrons. The molecule has 3 heteroatoms. The summed E-state index contributed by atoms with van der Waals surface area (Å²) in [5, 5.41) is 0.795. The van der Waals surface area contributed by atoms with Gasteiger partial charge in [-0.25, -0.2) is 0 Å². The van der Waals surface area contributed by atoms with E-state index in [-0.39, 0.29) is 0 Å². The van der Waals surface area contributed by atoms with Gasteiger partial charge in [0.25, 0.3) is 7.37 Å². The third-order valence-corrected chi connectivity index (χ3v) is 5.68. The first-order valence-corrected chi connectivity index (χ1v) is 8.98. The lowest BCUT2D eigenvalue weighted by Gasteiger charge is -2.17. The van der Waals surface area contributed by atoms with E-state index in [1.165, 1.54) is 31.9 Å². The smallest absolute Gasteiger partial charge is 0.276 e. The number of hydrogen-bond acceptors (Lipinski definition) is 2. The van der Waals surface area contributed by atoms with E-state index in [1.807, 2.05) is 30.3 Å². The van der Waals surface area contributed by atoms with Crippen molar-refractivity contribution in [1.82, 2.24) is 0 Å². The molecular weight excluding hydrogens is 255 g/mol. The van der Waals surface area contributed by atoms with Gasteiger partial charge >= 0.3 is 0 Å². The monoisotopic (exact) mass is 280 g/mol. The molecule has 19 heavy (non-hydrogen) atoms. The Morgan fingerprint density at radius 2 is 1.74 bits per heavy atom. The molecule has 0 saturated heterocycles. The number of benzene rings is 1. The zero-order valence-electron chi connectivity index (χ0n) is 11.9. The highest BCUT2D eigenvalue weighted by Crippen LogP contribution is 2.46. The van der Waals surface area contributed by atoms with E-state index in [4.69, 9.17) is 4.52 Å². The predicted octanol–water partition coefficient (Wildman–Crippen LogP) is 5.11. The van der Waals surface area contributed by atoms with Gasteiger partial charge in [-0.05, 0) is 18.6 Å². The minimum Gasteiger partial charge on any atom is -0.448 e. The maximum Gasteiger partial charge on any atom is 0.276 e. The van der Waals surface area contributed by atoms with E-state index < -0.39 is 7.37 Å². The van der Waals surface area contributed by atoms with Crippen LogP contribution in [0.15, 0.2) is 43.2 Å². The Kier molecular flexibility index (Phi) is 7.59. The Bertz CT molecular complexity index is 400. The normalized spacial score (nSPS) is 13.7. The Labute approximate surface area is 117 Å². The van der Waals surface area contributed by atoms with E-state index in [0.717, 1.165) is 18.1 Å². The van der Waals surface area contributed by atoms with Crippen molar-refractivity contribution >= 4 is 12.7 Å². The van der Waals surface area contributed by atoms with Crippen LogP contribution < -0.4 is 5.30 Å². The molecular formula is C16H25O2P. The molecule has 1 rings (SSSR count). The van der Waals surface area contributed by atoms with E-state index in [9.17, 15) is 4.57 Å². The first-order valence-electron chi connectivity index (χ1n) is 7.17. The zero-order chi connectivity index (χ0) is 14.0. The molecule has 1 aromatic carbocycles. The van der Waals surface area contributed by atoms with Crippen molar-refractivity contribution in [3.05, 3.63) is 43.2 Å². The second-order valence-electron chi connectivity index (χ2n) is 4.77. The van der Waals surface area contributed by atoms with Gasteiger partial charge in [0.1, 0.15) is 0 Å². The van der Waals surface area contributed by atoms with Crippen molar-refractivity contribution in [3.63, 3.8) is 0 Å². The van der Waals surface area contributed by atoms with Gasteiger partial charge in [-0.2, -0.15) is 0 Å². The van der Waals surface area contributed by atoms with Gasteiger partial charge in [-0.3, -0.25) is 4.57 Å². The van der Waals surface area contributed by atoms with Crippen LogP contribution in [-0.2, 0) is 9.09 Å². The Balaban J connectivity index is 2.49. The van der Waals surface area contributed by atoms with Crippen LogP contribution in [0.1, 0.15) is 45.4 Å². The number of rotatable bonds is 10. The summed E-state index contributed by atoms with van der Waals surface area (Å²) in [6, 6.07) is 9.47. The Morgan fingerprint density at radius 3 is 2.37 bits per heavy atom. The summed E-state index contributed by atoms with van der Waals surface area (Å²) in [7, 11) is -2.75. The third-order valence-electron chi connectivity index (χ3n) is 3.20. The highest BCUT2D eigenvalue weighted by molar-refractivity contribution is 7.67. The van der Waals surface area contributed by atoms with Crippen LogP contribution in [0.2, 0.25) is 0 Å². The summed E-state index contributed by atoms with van der Waals surface area (Å²) in [6.07, 6.45) is 9.02. The van der Waals surface area contributed by atoms with Crippen LogP contribution in [0, 0.1) is 0 Å². The van der Waals surface area contributed by atoms with Crippen LogP contribution in [0.3, 0.4) is 0 Å². The molecule has 0 N–H and O–H groups in total.